The number of anilines is 1. The van der Waals surface area contributed by atoms with Gasteiger partial charge < -0.3 is 10.4 Å². The normalized spacial score (nSPS) is 17.3. The van der Waals surface area contributed by atoms with Crippen LogP contribution in [0.2, 0.25) is 0 Å². The van der Waals surface area contributed by atoms with Gasteiger partial charge in [-0.05, 0) is 12.8 Å². The van der Waals surface area contributed by atoms with Gasteiger partial charge in [-0.3, -0.25) is 19.6 Å². The van der Waals surface area contributed by atoms with Crippen LogP contribution in [0.5, 0.6) is 0 Å². The molecule has 1 saturated carbocycles. The van der Waals surface area contributed by atoms with Crippen molar-refractivity contribution < 1.29 is 14.8 Å². The number of carbonyl (C=O) groups is 1. The number of hydrogen-bond acceptors (Lipinski definition) is 5. The first-order valence-electron chi connectivity index (χ1n) is 6.10. The van der Waals surface area contributed by atoms with E-state index in [9.17, 15) is 20.0 Å². The van der Waals surface area contributed by atoms with Gasteiger partial charge in [-0.1, -0.05) is 12.8 Å². The van der Waals surface area contributed by atoms with Crippen molar-refractivity contribution in [1.82, 2.24) is 9.78 Å². The summed E-state index contributed by atoms with van der Waals surface area (Å²) in [6.45, 7) is 0.167. The molecule has 0 radical (unpaired) electrons. The fourth-order valence-corrected chi connectivity index (χ4v) is 2.51. The van der Waals surface area contributed by atoms with E-state index < -0.39 is 16.3 Å². The Labute approximate surface area is 109 Å². The monoisotopic (exact) mass is 268 g/mol. The van der Waals surface area contributed by atoms with E-state index in [1.165, 1.54) is 10.9 Å². The number of nitro groups is 1. The first-order chi connectivity index (χ1) is 8.94. The number of nitrogens with one attached hydrogen (secondary N) is 1. The molecule has 2 N–H and O–H groups in total. The van der Waals surface area contributed by atoms with Crippen LogP contribution in [-0.2, 0) is 11.8 Å². The Morgan fingerprint density at radius 1 is 1.63 bits per heavy atom. The second-order valence-electron chi connectivity index (χ2n) is 4.94. The van der Waals surface area contributed by atoms with E-state index in [2.05, 4.69) is 10.4 Å². The van der Waals surface area contributed by atoms with Crippen LogP contribution in [0.4, 0.5) is 11.5 Å². The van der Waals surface area contributed by atoms with E-state index in [1.807, 2.05) is 0 Å². The maximum Gasteiger partial charge on any atom is 0.330 e. The lowest BCUT2D eigenvalue weighted by atomic mass is 9.86. The Morgan fingerprint density at radius 3 is 2.79 bits per heavy atom. The number of hydrogen-bond donors (Lipinski definition) is 2. The lowest BCUT2D eigenvalue weighted by molar-refractivity contribution is -0.384. The van der Waals surface area contributed by atoms with Gasteiger partial charge in [0.05, 0.1) is 10.3 Å². The number of carboxylic acids is 1. The first-order valence-corrected chi connectivity index (χ1v) is 6.10. The van der Waals surface area contributed by atoms with Gasteiger partial charge >= 0.3 is 11.7 Å². The third-order valence-corrected chi connectivity index (χ3v) is 3.61. The molecule has 1 heterocycles. The number of nitrogens with zero attached hydrogens (tertiary/aromatic N) is 3. The van der Waals surface area contributed by atoms with E-state index in [0.29, 0.717) is 12.8 Å². The summed E-state index contributed by atoms with van der Waals surface area (Å²) < 4.78 is 1.34. The molecule has 8 nitrogen and oxygen atoms in total. The highest BCUT2D eigenvalue weighted by Crippen LogP contribution is 2.38. The maximum absolute atomic E-state index is 11.4. The van der Waals surface area contributed by atoms with E-state index in [-0.39, 0.29) is 18.1 Å². The van der Waals surface area contributed by atoms with Gasteiger partial charge in [0.25, 0.3) is 0 Å². The van der Waals surface area contributed by atoms with Crippen LogP contribution in [0.25, 0.3) is 0 Å². The molecule has 0 spiro atoms. The van der Waals surface area contributed by atoms with Crippen molar-refractivity contribution in [3.05, 3.63) is 16.3 Å². The third-order valence-electron chi connectivity index (χ3n) is 3.61. The molecular weight excluding hydrogens is 252 g/mol. The Kier molecular flexibility index (Phi) is 3.41. The smallest absolute Gasteiger partial charge is 0.330 e. The van der Waals surface area contributed by atoms with Crippen LogP contribution in [0.15, 0.2) is 6.20 Å². The molecule has 0 saturated heterocycles. The zero-order valence-corrected chi connectivity index (χ0v) is 10.6. The number of rotatable bonds is 5. The summed E-state index contributed by atoms with van der Waals surface area (Å²) in [6.07, 6.45) is 4.23. The van der Waals surface area contributed by atoms with Crippen LogP contribution in [0, 0.1) is 15.5 Å². The summed E-state index contributed by atoms with van der Waals surface area (Å²) in [5.74, 6) is -0.726. The number of aryl methyl sites for hydroxylation is 1. The van der Waals surface area contributed by atoms with E-state index in [4.69, 9.17) is 0 Å². The van der Waals surface area contributed by atoms with Crippen molar-refractivity contribution in [2.24, 2.45) is 12.5 Å². The molecule has 0 atom stereocenters. The third kappa shape index (κ3) is 2.51. The second kappa shape index (κ2) is 4.87. The molecule has 1 aliphatic rings. The van der Waals surface area contributed by atoms with Crippen LogP contribution < -0.4 is 5.32 Å². The topological polar surface area (TPSA) is 110 Å². The van der Waals surface area contributed by atoms with Crippen molar-refractivity contribution in [1.29, 1.82) is 0 Å². The van der Waals surface area contributed by atoms with Crippen molar-refractivity contribution >= 4 is 17.5 Å². The average Bonchev–Trinajstić information content (AvgIpc) is 2.93. The standard InChI is InChI=1S/C11H16N4O4/c1-14-6-8(15(18)19)9(13-14)12-7-11(10(16)17)4-2-3-5-11/h6H,2-5,7H2,1H3,(H,12,13)(H,16,17). The summed E-state index contributed by atoms with van der Waals surface area (Å²) in [4.78, 5) is 21.7. The van der Waals surface area contributed by atoms with Crippen molar-refractivity contribution in [2.75, 3.05) is 11.9 Å². The van der Waals surface area contributed by atoms with Gasteiger partial charge in [-0.2, -0.15) is 0 Å². The molecule has 8 heteroatoms. The Morgan fingerprint density at radius 2 is 2.26 bits per heavy atom. The maximum atomic E-state index is 11.4. The van der Waals surface area contributed by atoms with E-state index >= 15 is 0 Å². The molecule has 1 fully saturated rings. The van der Waals surface area contributed by atoms with Crippen LogP contribution in [-0.4, -0.2) is 32.3 Å². The number of aliphatic carboxylic acids is 1. The molecule has 0 aromatic carbocycles. The molecule has 0 bridgehead atoms. The summed E-state index contributed by atoms with van der Waals surface area (Å²) in [5, 5.41) is 26.9. The van der Waals surface area contributed by atoms with Gasteiger partial charge in [0.2, 0.25) is 5.82 Å². The van der Waals surface area contributed by atoms with Gasteiger partial charge in [0.15, 0.2) is 0 Å². The molecule has 104 valence electrons. The average molecular weight is 268 g/mol. The molecule has 2 rings (SSSR count). The lowest BCUT2D eigenvalue weighted by Gasteiger charge is -2.23. The molecule has 0 aliphatic heterocycles. The van der Waals surface area contributed by atoms with Crippen LogP contribution in [0.1, 0.15) is 25.7 Å². The highest BCUT2D eigenvalue weighted by molar-refractivity contribution is 5.76. The van der Waals surface area contributed by atoms with Crippen LogP contribution in [0.3, 0.4) is 0 Å². The quantitative estimate of drug-likeness (QED) is 0.616. The molecule has 1 aromatic heterocycles. The van der Waals surface area contributed by atoms with Crippen molar-refractivity contribution in [3.8, 4) is 0 Å². The molecule has 0 unspecified atom stereocenters. The molecule has 1 aliphatic carbocycles. The first kappa shape index (κ1) is 13.3. The van der Waals surface area contributed by atoms with Crippen molar-refractivity contribution in [3.63, 3.8) is 0 Å². The Hall–Kier alpha value is -2.12. The number of carboxylic acid groups (broad SMARTS) is 1. The second-order valence-corrected chi connectivity index (χ2v) is 4.94. The van der Waals surface area contributed by atoms with Crippen LogP contribution >= 0.6 is 0 Å². The Balaban J connectivity index is 2.14. The predicted octanol–water partition coefficient (Wildman–Crippen LogP) is 1.39. The highest BCUT2D eigenvalue weighted by Gasteiger charge is 2.41. The summed E-state index contributed by atoms with van der Waals surface area (Å²) in [5.41, 5.74) is -0.966. The lowest BCUT2D eigenvalue weighted by Crippen LogP contribution is -2.35. The van der Waals surface area contributed by atoms with E-state index in [0.717, 1.165) is 12.8 Å². The summed E-state index contributed by atoms with van der Waals surface area (Å²) in [6, 6.07) is 0. The minimum atomic E-state index is -0.851. The SMILES string of the molecule is Cn1cc([N+](=O)[O-])c(NCC2(C(=O)O)CCCC2)n1. The van der Waals surface area contributed by atoms with Gasteiger partial charge in [0, 0.05) is 13.6 Å². The fourth-order valence-electron chi connectivity index (χ4n) is 2.51. The largest absolute Gasteiger partial charge is 0.481 e. The van der Waals surface area contributed by atoms with Crippen molar-refractivity contribution in [2.45, 2.75) is 25.7 Å². The minimum absolute atomic E-state index is 0.125. The van der Waals surface area contributed by atoms with Gasteiger partial charge in [0.1, 0.15) is 6.20 Å². The molecule has 1 aromatic rings. The Bertz CT molecular complexity index is 505. The fraction of sp³-hybridized carbons (Fsp3) is 0.636. The summed E-state index contributed by atoms with van der Waals surface area (Å²) >= 11 is 0. The molecular formula is C11H16N4O4. The van der Waals surface area contributed by atoms with Gasteiger partial charge in [-0.15, -0.1) is 5.10 Å². The van der Waals surface area contributed by atoms with Gasteiger partial charge in [-0.25, -0.2) is 0 Å². The zero-order valence-electron chi connectivity index (χ0n) is 10.6. The predicted molar refractivity (Wildman–Crippen MR) is 66.9 cm³/mol. The zero-order chi connectivity index (χ0) is 14.0. The highest BCUT2D eigenvalue weighted by atomic mass is 16.6. The summed E-state index contributed by atoms with van der Waals surface area (Å²) in [7, 11) is 1.58. The molecule has 19 heavy (non-hydrogen) atoms. The van der Waals surface area contributed by atoms with E-state index in [1.54, 1.807) is 7.05 Å². The number of aromatic nitrogens is 2. The minimum Gasteiger partial charge on any atom is -0.481 e. The molecule has 0 amide bonds.